The van der Waals surface area contributed by atoms with E-state index in [0.29, 0.717) is 18.2 Å². The van der Waals surface area contributed by atoms with Crippen molar-refractivity contribution in [2.45, 2.75) is 20.3 Å². The van der Waals surface area contributed by atoms with Gasteiger partial charge in [0.2, 0.25) is 5.88 Å². The van der Waals surface area contributed by atoms with E-state index in [2.05, 4.69) is 21.7 Å². The zero-order valence-electron chi connectivity index (χ0n) is 11.9. The fraction of sp³-hybridized carbons (Fsp3) is 0.643. The zero-order chi connectivity index (χ0) is 13.7. The summed E-state index contributed by atoms with van der Waals surface area (Å²) in [6, 6.07) is 3.86. The number of nitrogens with zero attached hydrogens (tertiary/aromatic N) is 3. The molecule has 0 atom stereocenters. The number of nitrogen functional groups attached to an aromatic ring is 1. The first kappa shape index (κ1) is 13.9. The number of piperazine rings is 1. The van der Waals surface area contributed by atoms with Gasteiger partial charge < -0.3 is 15.4 Å². The molecule has 19 heavy (non-hydrogen) atoms. The normalized spacial score (nSPS) is 16.6. The van der Waals surface area contributed by atoms with Crippen molar-refractivity contribution < 1.29 is 4.74 Å². The second-order valence-electron chi connectivity index (χ2n) is 4.83. The van der Waals surface area contributed by atoms with Gasteiger partial charge in [-0.25, -0.2) is 0 Å². The van der Waals surface area contributed by atoms with Crippen LogP contribution in [0.3, 0.4) is 0 Å². The molecule has 0 spiro atoms. The van der Waals surface area contributed by atoms with Crippen molar-refractivity contribution in [2.75, 3.05) is 50.0 Å². The van der Waals surface area contributed by atoms with Crippen LogP contribution < -0.4 is 15.4 Å². The number of hydrogen-bond acceptors (Lipinski definition) is 5. The van der Waals surface area contributed by atoms with E-state index in [1.807, 2.05) is 19.1 Å². The molecule has 1 aromatic heterocycles. The van der Waals surface area contributed by atoms with Gasteiger partial charge >= 0.3 is 0 Å². The lowest BCUT2D eigenvalue weighted by Gasteiger charge is -2.35. The van der Waals surface area contributed by atoms with Gasteiger partial charge in [-0.05, 0) is 32.0 Å². The second-order valence-corrected chi connectivity index (χ2v) is 4.83. The summed E-state index contributed by atoms with van der Waals surface area (Å²) in [4.78, 5) is 9.31. The van der Waals surface area contributed by atoms with Crippen molar-refractivity contribution in [3.8, 4) is 5.88 Å². The Hall–Kier alpha value is -1.49. The summed E-state index contributed by atoms with van der Waals surface area (Å²) in [5, 5.41) is 0. The standard InChI is InChI=1S/C14H24N4O/c1-3-7-17-8-10-18(11-9-17)13-6-5-12(15)14(16-13)19-4-2/h5-6H,3-4,7-11,15H2,1-2H3. The molecule has 0 bridgehead atoms. The van der Waals surface area contributed by atoms with Crippen LogP contribution in [-0.2, 0) is 0 Å². The fourth-order valence-electron chi connectivity index (χ4n) is 2.39. The number of rotatable bonds is 5. The van der Waals surface area contributed by atoms with Crippen LogP contribution >= 0.6 is 0 Å². The molecule has 1 aromatic rings. The number of pyridine rings is 1. The van der Waals surface area contributed by atoms with E-state index in [0.717, 1.165) is 32.0 Å². The molecule has 2 rings (SSSR count). The Morgan fingerprint density at radius 2 is 1.95 bits per heavy atom. The van der Waals surface area contributed by atoms with Gasteiger partial charge in [0.1, 0.15) is 5.82 Å². The van der Waals surface area contributed by atoms with Gasteiger partial charge in [-0.3, -0.25) is 4.90 Å². The van der Waals surface area contributed by atoms with Gasteiger partial charge in [-0.2, -0.15) is 4.98 Å². The molecule has 1 aliphatic rings. The van der Waals surface area contributed by atoms with Crippen molar-refractivity contribution >= 4 is 11.5 Å². The molecule has 0 aliphatic carbocycles. The smallest absolute Gasteiger partial charge is 0.239 e. The Labute approximate surface area is 115 Å². The molecule has 5 nitrogen and oxygen atoms in total. The Balaban J connectivity index is 2.01. The lowest BCUT2D eigenvalue weighted by molar-refractivity contribution is 0.257. The molecule has 1 aliphatic heterocycles. The van der Waals surface area contributed by atoms with Gasteiger partial charge in [-0.15, -0.1) is 0 Å². The third-order valence-electron chi connectivity index (χ3n) is 3.39. The first-order valence-electron chi connectivity index (χ1n) is 7.11. The van der Waals surface area contributed by atoms with E-state index in [1.165, 1.54) is 13.0 Å². The van der Waals surface area contributed by atoms with Gasteiger partial charge in [0.05, 0.1) is 12.3 Å². The lowest BCUT2D eigenvalue weighted by Crippen LogP contribution is -2.46. The summed E-state index contributed by atoms with van der Waals surface area (Å²) in [6.07, 6.45) is 1.22. The number of nitrogens with two attached hydrogens (primary N) is 1. The van der Waals surface area contributed by atoms with Crippen LogP contribution in [0.5, 0.6) is 5.88 Å². The van der Waals surface area contributed by atoms with E-state index in [1.54, 1.807) is 0 Å². The summed E-state index contributed by atoms with van der Waals surface area (Å²) in [7, 11) is 0. The highest BCUT2D eigenvalue weighted by molar-refractivity contribution is 5.54. The topological polar surface area (TPSA) is 54.6 Å². The highest BCUT2D eigenvalue weighted by Crippen LogP contribution is 2.23. The van der Waals surface area contributed by atoms with Gasteiger partial charge in [0.25, 0.3) is 0 Å². The Kier molecular flexibility index (Phi) is 4.85. The maximum atomic E-state index is 5.85. The minimum Gasteiger partial charge on any atom is -0.476 e. The maximum absolute atomic E-state index is 5.85. The minimum absolute atomic E-state index is 0.552. The average Bonchev–Trinajstić information content (AvgIpc) is 2.43. The van der Waals surface area contributed by atoms with E-state index in [4.69, 9.17) is 10.5 Å². The second kappa shape index (κ2) is 6.61. The van der Waals surface area contributed by atoms with Crippen molar-refractivity contribution in [1.82, 2.24) is 9.88 Å². The van der Waals surface area contributed by atoms with Crippen molar-refractivity contribution in [2.24, 2.45) is 0 Å². The van der Waals surface area contributed by atoms with E-state index >= 15 is 0 Å². The monoisotopic (exact) mass is 264 g/mol. The molecule has 0 aromatic carbocycles. The molecule has 1 saturated heterocycles. The van der Waals surface area contributed by atoms with Crippen LogP contribution in [0, 0.1) is 0 Å². The van der Waals surface area contributed by atoms with Gasteiger partial charge in [0, 0.05) is 26.2 Å². The van der Waals surface area contributed by atoms with Crippen LogP contribution in [0.4, 0.5) is 11.5 Å². The Bertz CT molecular complexity index is 402. The van der Waals surface area contributed by atoms with Gasteiger partial charge in [-0.1, -0.05) is 6.92 Å². The highest BCUT2D eigenvalue weighted by Gasteiger charge is 2.18. The number of anilines is 2. The molecular weight excluding hydrogens is 240 g/mol. The van der Waals surface area contributed by atoms with Crippen LogP contribution in [0.2, 0.25) is 0 Å². The quantitative estimate of drug-likeness (QED) is 0.875. The fourth-order valence-corrected chi connectivity index (χ4v) is 2.39. The van der Waals surface area contributed by atoms with E-state index in [-0.39, 0.29) is 0 Å². The van der Waals surface area contributed by atoms with E-state index < -0.39 is 0 Å². The first-order chi connectivity index (χ1) is 9.24. The number of aromatic nitrogens is 1. The third-order valence-corrected chi connectivity index (χ3v) is 3.39. The summed E-state index contributed by atoms with van der Waals surface area (Å²) in [6.45, 7) is 10.2. The van der Waals surface area contributed by atoms with Gasteiger partial charge in [0.15, 0.2) is 0 Å². The van der Waals surface area contributed by atoms with Crippen LogP contribution in [0.15, 0.2) is 12.1 Å². The summed E-state index contributed by atoms with van der Waals surface area (Å²) >= 11 is 0. The predicted octanol–water partition coefficient (Wildman–Crippen LogP) is 1.59. The third kappa shape index (κ3) is 3.50. The molecule has 0 amide bonds. The Morgan fingerprint density at radius 3 is 2.58 bits per heavy atom. The SMILES string of the molecule is CCCN1CCN(c2ccc(N)c(OCC)n2)CC1. The largest absolute Gasteiger partial charge is 0.476 e. The maximum Gasteiger partial charge on any atom is 0.239 e. The first-order valence-corrected chi connectivity index (χ1v) is 7.11. The summed E-state index contributed by atoms with van der Waals surface area (Å²) in [5.74, 6) is 1.52. The molecule has 2 heterocycles. The van der Waals surface area contributed by atoms with E-state index in [9.17, 15) is 0 Å². The molecule has 0 unspecified atom stereocenters. The Morgan fingerprint density at radius 1 is 1.21 bits per heavy atom. The van der Waals surface area contributed by atoms with Crippen LogP contribution in [-0.4, -0.2) is 49.2 Å². The summed E-state index contributed by atoms with van der Waals surface area (Å²) < 4.78 is 5.45. The summed E-state index contributed by atoms with van der Waals surface area (Å²) in [5.41, 5.74) is 6.46. The number of hydrogen-bond donors (Lipinski definition) is 1. The van der Waals surface area contributed by atoms with Crippen molar-refractivity contribution in [3.05, 3.63) is 12.1 Å². The molecule has 5 heteroatoms. The predicted molar refractivity (Wildman–Crippen MR) is 78.8 cm³/mol. The molecule has 2 N–H and O–H groups in total. The average molecular weight is 264 g/mol. The highest BCUT2D eigenvalue weighted by atomic mass is 16.5. The molecule has 0 saturated carbocycles. The van der Waals surface area contributed by atoms with Crippen LogP contribution in [0.25, 0.3) is 0 Å². The van der Waals surface area contributed by atoms with Crippen LogP contribution in [0.1, 0.15) is 20.3 Å². The zero-order valence-corrected chi connectivity index (χ0v) is 11.9. The molecular formula is C14H24N4O. The molecule has 1 fully saturated rings. The minimum atomic E-state index is 0.552. The molecule has 0 radical (unpaired) electrons. The van der Waals surface area contributed by atoms with Crippen molar-refractivity contribution in [3.63, 3.8) is 0 Å². The van der Waals surface area contributed by atoms with Crippen molar-refractivity contribution in [1.29, 1.82) is 0 Å². The lowest BCUT2D eigenvalue weighted by atomic mass is 10.3. The number of ether oxygens (including phenoxy) is 1. The molecule has 106 valence electrons.